The molecule has 0 saturated carbocycles. The summed E-state index contributed by atoms with van der Waals surface area (Å²) in [4.78, 5) is 8.06. The maximum Gasteiger partial charge on any atom is 0.109 e. The van der Waals surface area contributed by atoms with Crippen LogP contribution in [0.4, 0.5) is 0 Å². The molecule has 3 unspecified atom stereocenters. The molecule has 0 aliphatic carbocycles. The molecule has 0 saturated heterocycles. The first-order valence-electron chi connectivity index (χ1n) is 7.00. The van der Waals surface area contributed by atoms with Crippen molar-refractivity contribution < 1.29 is 0 Å². The van der Waals surface area contributed by atoms with Gasteiger partial charge in [0.2, 0.25) is 0 Å². The summed E-state index contributed by atoms with van der Waals surface area (Å²) in [7, 11) is 0. The third kappa shape index (κ3) is 3.86. The molecule has 0 fully saturated rings. The molecule has 1 N–H and O–H groups in total. The zero-order valence-electron chi connectivity index (χ0n) is 12.2. The Morgan fingerprint density at radius 2 is 1.82 bits per heavy atom. The summed E-state index contributed by atoms with van der Waals surface area (Å²) in [6, 6.07) is 0. The topological polar surface area (TPSA) is 28.7 Å². The fourth-order valence-corrected chi connectivity index (χ4v) is 2.07. The molecule has 3 atom stereocenters. The highest BCUT2D eigenvalue weighted by molar-refractivity contribution is 5.09. The van der Waals surface area contributed by atoms with E-state index in [0.717, 1.165) is 11.7 Å². The first-order chi connectivity index (χ1) is 7.95. The van der Waals surface area contributed by atoms with Crippen LogP contribution in [0, 0.1) is 11.8 Å². The van der Waals surface area contributed by atoms with Crippen molar-refractivity contribution in [3.8, 4) is 0 Å². The second kappa shape index (κ2) is 6.23. The van der Waals surface area contributed by atoms with Gasteiger partial charge in [0.15, 0.2) is 0 Å². The molecule has 98 valence electrons. The Hall–Kier alpha value is -0.790. The van der Waals surface area contributed by atoms with Crippen LogP contribution in [0.1, 0.15) is 77.7 Å². The van der Waals surface area contributed by atoms with Gasteiger partial charge in [-0.15, -0.1) is 0 Å². The van der Waals surface area contributed by atoms with Gasteiger partial charge in [-0.25, -0.2) is 4.98 Å². The maximum atomic E-state index is 4.55. The summed E-state index contributed by atoms with van der Waals surface area (Å²) in [6.45, 7) is 13.6. The van der Waals surface area contributed by atoms with Crippen molar-refractivity contribution >= 4 is 0 Å². The zero-order chi connectivity index (χ0) is 13.0. The highest BCUT2D eigenvalue weighted by Crippen LogP contribution is 2.26. The molecule has 0 aromatic carbocycles. The van der Waals surface area contributed by atoms with E-state index < -0.39 is 0 Å². The summed E-state index contributed by atoms with van der Waals surface area (Å²) < 4.78 is 0. The third-order valence-corrected chi connectivity index (χ3v) is 4.03. The molecule has 1 heterocycles. The Balaban J connectivity index is 2.67. The highest BCUT2D eigenvalue weighted by atomic mass is 14.9. The molecule has 0 amide bonds. The van der Waals surface area contributed by atoms with Crippen LogP contribution < -0.4 is 0 Å². The second-order valence-electron chi connectivity index (χ2n) is 5.91. The Bertz CT molecular complexity index is 327. The minimum atomic E-state index is 0.540. The number of aromatic nitrogens is 2. The van der Waals surface area contributed by atoms with Gasteiger partial charge in [0.1, 0.15) is 5.82 Å². The third-order valence-electron chi connectivity index (χ3n) is 4.03. The van der Waals surface area contributed by atoms with Crippen molar-refractivity contribution in [2.24, 2.45) is 11.8 Å². The first-order valence-corrected chi connectivity index (χ1v) is 7.00. The molecule has 0 bridgehead atoms. The van der Waals surface area contributed by atoms with Crippen LogP contribution in [-0.2, 0) is 0 Å². The molecule has 0 aliphatic rings. The fraction of sp³-hybridized carbons (Fsp3) is 0.800. The van der Waals surface area contributed by atoms with Crippen LogP contribution in [0.3, 0.4) is 0 Å². The minimum absolute atomic E-state index is 0.540. The number of imidazole rings is 1. The lowest BCUT2D eigenvalue weighted by atomic mass is 9.94. The molecular formula is C15H28N2. The predicted octanol–water partition coefficient (Wildman–Crippen LogP) is 4.71. The Kier molecular flexibility index (Phi) is 5.23. The number of H-pyrrole nitrogens is 1. The summed E-state index contributed by atoms with van der Waals surface area (Å²) in [6.07, 6.45) is 4.49. The zero-order valence-corrected chi connectivity index (χ0v) is 12.2. The molecule has 0 radical (unpaired) electrons. The summed E-state index contributed by atoms with van der Waals surface area (Å²) in [5, 5.41) is 0. The van der Waals surface area contributed by atoms with Crippen LogP contribution in [0.15, 0.2) is 6.20 Å². The van der Waals surface area contributed by atoms with Gasteiger partial charge in [0, 0.05) is 23.7 Å². The van der Waals surface area contributed by atoms with Gasteiger partial charge in [-0.2, -0.15) is 0 Å². The summed E-state index contributed by atoms with van der Waals surface area (Å²) >= 11 is 0. The molecule has 2 nitrogen and oxygen atoms in total. The van der Waals surface area contributed by atoms with Crippen LogP contribution in [-0.4, -0.2) is 9.97 Å². The van der Waals surface area contributed by atoms with Gasteiger partial charge >= 0.3 is 0 Å². The van der Waals surface area contributed by atoms with E-state index in [1.165, 1.54) is 18.5 Å². The molecule has 0 aliphatic heterocycles. The summed E-state index contributed by atoms with van der Waals surface area (Å²) in [5.74, 6) is 3.70. The second-order valence-corrected chi connectivity index (χ2v) is 5.91. The van der Waals surface area contributed by atoms with E-state index in [1.807, 2.05) is 6.20 Å². The predicted molar refractivity (Wildman–Crippen MR) is 74.3 cm³/mol. The molecule has 1 rings (SSSR count). The van der Waals surface area contributed by atoms with Gasteiger partial charge in [-0.05, 0) is 18.3 Å². The van der Waals surface area contributed by atoms with Crippen molar-refractivity contribution in [3.05, 3.63) is 17.7 Å². The monoisotopic (exact) mass is 236 g/mol. The minimum Gasteiger partial charge on any atom is -0.345 e. The van der Waals surface area contributed by atoms with Crippen LogP contribution in [0.25, 0.3) is 0 Å². The Labute approximate surface area is 106 Å². The van der Waals surface area contributed by atoms with Gasteiger partial charge in [-0.1, -0.05) is 48.0 Å². The SMILES string of the molecule is CCC(C)CC(C)c1ncc(C(C)C(C)C)[nH]1. The van der Waals surface area contributed by atoms with Crippen molar-refractivity contribution in [2.75, 3.05) is 0 Å². The number of nitrogens with zero attached hydrogens (tertiary/aromatic N) is 1. The highest BCUT2D eigenvalue weighted by Gasteiger charge is 2.16. The Morgan fingerprint density at radius 3 is 2.35 bits per heavy atom. The van der Waals surface area contributed by atoms with E-state index >= 15 is 0 Å². The number of aromatic amines is 1. The normalized spacial score (nSPS) is 17.1. The molecule has 1 aromatic heterocycles. The van der Waals surface area contributed by atoms with Crippen LogP contribution >= 0.6 is 0 Å². The lowest BCUT2D eigenvalue weighted by molar-refractivity contribution is 0.460. The van der Waals surface area contributed by atoms with Crippen LogP contribution in [0.5, 0.6) is 0 Å². The lowest BCUT2D eigenvalue weighted by Crippen LogP contribution is -2.05. The van der Waals surface area contributed by atoms with E-state index in [2.05, 4.69) is 51.5 Å². The number of hydrogen-bond donors (Lipinski definition) is 1. The molecular weight excluding hydrogens is 208 g/mol. The maximum absolute atomic E-state index is 4.55. The number of rotatable bonds is 6. The van der Waals surface area contributed by atoms with Crippen molar-refractivity contribution in [3.63, 3.8) is 0 Å². The van der Waals surface area contributed by atoms with Gasteiger partial charge in [-0.3, -0.25) is 0 Å². The number of nitrogens with one attached hydrogen (secondary N) is 1. The van der Waals surface area contributed by atoms with E-state index in [0.29, 0.717) is 17.8 Å². The smallest absolute Gasteiger partial charge is 0.109 e. The molecule has 0 spiro atoms. The summed E-state index contributed by atoms with van der Waals surface area (Å²) in [5.41, 5.74) is 1.28. The quantitative estimate of drug-likeness (QED) is 0.761. The van der Waals surface area contributed by atoms with E-state index in [9.17, 15) is 0 Å². The lowest BCUT2D eigenvalue weighted by Gasteiger charge is -2.15. The van der Waals surface area contributed by atoms with E-state index in [-0.39, 0.29) is 0 Å². The average molecular weight is 236 g/mol. The largest absolute Gasteiger partial charge is 0.345 e. The van der Waals surface area contributed by atoms with Gasteiger partial charge < -0.3 is 4.98 Å². The van der Waals surface area contributed by atoms with Crippen LogP contribution in [0.2, 0.25) is 0 Å². The fourth-order valence-electron chi connectivity index (χ4n) is 2.07. The van der Waals surface area contributed by atoms with E-state index in [1.54, 1.807) is 0 Å². The molecule has 17 heavy (non-hydrogen) atoms. The Morgan fingerprint density at radius 1 is 1.18 bits per heavy atom. The van der Waals surface area contributed by atoms with Gasteiger partial charge in [0.05, 0.1) is 0 Å². The molecule has 1 aromatic rings. The number of hydrogen-bond acceptors (Lipinski definition) is 1. The van der Waals surface area contributed by atoms with Crippen molar-refractivity contribution in [2.45, 2.75) is 66.2 Å². The average Bonchev–Trinajstić information content (AvgIpc) is 2.76. The standard InChI is InChI=1S/C15H28N2/c1-7-11(4)8-12(5)15-16-9-14(17-15)13(6)10(2)3/h9-13H,7-8H2,1-6H3,(H,16,17). The van der Waals surface area contributed by atoms with E-state index in [4.69, 9.17) is 0 Å². The first kappa shape index (κ1) is 14.3. The van der Waals surface area contributed by atoms with Crippen molar-refractivity contribution in [1.29, 1.82) is 0 Å². The molecule has 2 heteroatoms. The van der Waals surface area contributed by atoms with Gasteiger partial charge in [0.25, 0.3) is 0 Å². The van der Waals surface area contributed by atoms with Crippen molar-refractivity contribution in [1.82, 2.24) is 9.97 Å².